The van der Waals surface area contributed by atoms with Crippen LogP contribution in [0.1, 0.15) is 12.5 Å². The molecular weight excluding hydrogens is 214 g/mol. The Bertz CT molecular complexity index is 517. The van der Waals surface area contributed by atoms with Crippen LogP contribution in [0.4, 0.5) is 11.5 Å². The van der Waals surface area contributed by atoms with E-state index in [1.165, 1.54) is 5.56 Å². The average Bonchev–Trinajstić information content (AvgIpc) is 2.75. The fraction of sp³-hybridized carbons (Fsp3) is 0.308. The largest absolute Gasteiger partial charge is 0.381 e. The van der Waals surface area contributed by atoms with E-state index in [4.69, 9.17) is 10.3 Å². The van der Waals surface area contributed by atoms with Gasteiger partial charge in [-0.15, -0.1) is 0 Å². The van der Waals surface area contributed by atoms with Crippen LogP contribution in [0, 0.1) is 0 Å². The number of nitrogens with two attached hydrogens (primary N) is 1. The Morgan fingerprint density at radius 1 is 1.29 bits per heavy atom. The summed E-state index contributed by atoms with van der Waals surface area (Å²) < 4.78 is 5.24. The van der Waals surface area contributed by atoms with Crippen LogP contribution in [0.25, 0.3) is 11.3 Å². The van der Waals surface area contributed by atoms with E-state index in [1.54, 1.807) is 6.07 Å². The van der Waals surface area contributed by atoms with Crippen molar-refractivity contribution in [1.82, 2.24) is 5.16 Å². The van der Waals surface area contributed by atoms with Crippen LogP contribution in [0.3, 0.4) is 0 Å². The van der Waals surface area contributed by atoms with Crippen LogP contribution < -0.4 is 10.6 Å². The fourth-order valence-corrected chi connectivity index (χ4v) is 1.81. The van der Waals surface area contributed by atoms with Crippen molar-refractivity contribution < 1.29 is 4.52 Å². The van der Waals surface area contributed by atoms with E-state index in [1.807, 2.05) is 19.0 Å². The quantitative estimate of drug-likeness (QED) is 0.882. The molecule has 2 aromatic rings. The fourth-order valence-electron chi connectivity index (χ4n) is 1.81. The molecule has 0 bridgehead atoms. The number of nitrogen functional groups attached to an aromatic ring is 1. The second kappa shape index (κ2) is 4.49. The Kier molecular flexibility index (Phi) is 3.04. The molecule has 17 heavy (non-hydrogen) atoms. The SMILES string of the molecule is CCc1ccc(N(C)C)c(-c2cc(N)no2)c1. The van der Waals surface area contributed by atoms with Crippen LogP contribution in [-0.2, 0) is 6.42 Å². The van der Waals surface area contributed by atoms with Gasteiger partial charge in [-0.2, -0.15) is 0 Å². The molecule has 0 spiro atoms. The zero-order valence-electron chi connectivity index (χ0n) is 10.4. The van der Waals surface area contributed by atoms with Crippen LogP contribution in [0.5, 0.6) is 0 Å². The van der Waals surface area contributed by atoms with E-state index < -0.39 is 0 Å². The average molecular weight is 231 g/mol. The molecule has 1 heterocycles. The highest BCUT2D eigenvalue weighted by atomic mass is 16.5. The molecule has 2 rings (SSSR count). The molecule has 0 fully saturated rings. The van der Waals surface area contributed by atoms with E-state index in [-0.39, 0.29) is 0 Å². The van der Waals surface area contributed by atoms with Crippen molar-refractivity contribution in [3.63, 3.8) is 0 Å². The van der Waals surface area contributed by atoms with Gasteiger partial charge in [0.2, 0.25) is 0 Å². The van der Waals surface area contributed by atoms with E-state index in [2.05, 4.69) is 30.3 Å². The summed E-state index contributed by atoms with van der Waals surface area (Å²) in [7, 11) is 4.01. The number of nitrogens with zero attached hydrogens (tertiary/aromatic N) is 2. The first-order chi connectivity index (χ1) is 8.11. The van der Waals surface area contributed by atoms with Gasteiger partial charge in [-0.05, 0) is 24.1 Å². The third kappa shape index (κ3) is 2.25. The first-order valence-electron chi connectivity index (χ1n) is 5.64. The molecule has 0 unspecified atom stereocenters. The highest BCUT2D eigenvalue weighted by Crippen LogP contribution is 2.31. The number of hydrogen-bond acceptors (Lipinski definition) is 4. The second-order valence-electron chi connectivity index (χ2n) is 4.22. The molecule has 0 aliphatic rings. The number of aromatic nitrogens is 1. The van der Waals surface area contributed by atoms with Crippen molar-refractivity contribution in [2.24, 2.45) is 0 Å². The third-order valence-corrected chi connectivity index (χ3v) is 2.74. The predicted octanol–water partition coefficient (Wildman–Crippen LogP) is 2.55. The van der Waals surface area contributed by atoms with Crippen LogP contribution in [0.15, 0.2) is 28.8 Å². The number of aryl methyl sites for hydroxylation is 1. The highest BCUT2D eigenvalue weighted by Gasteiger charge is 2.12. The van der Waals surface area contributed by atoms with Gasteiger partial charge in [0.1, 0.15) is 0 Å². The lowest BCUT2D eigenvalue weighted by Gasteiger charge is -2.16. The van der Waals surface area contributed by atoms with Gasteiger partial charge < -0.3 is 15.2 Å². The molecule has 1 aromatic heterocycles. The molecular formula is C13H17N3O. The summed E-state index contributed by atoms with van der Waals surface area (Å²) in [5, 5.41) is 3.73. The monoisotopic (exact) mass is 231 g/mol. The Morgan fingerprint density at radius 2 is 2.06 bits per heavy atom. The maximum absolute atomic E-state index is 5.59. The number of anilines is 2. The first kappa shape index (κ1) is 11.5. The van der Waals surface area contributed by atoms with Gasteiger partial charge in [-0.3, -0.25) is 0 Å². The predicted molar refractivity (Wildman–Crippen MR) is 70.1 cm³/mol. The summed E-state index contributed by atoms with van der Waals surface area (Å²) >= 11 is 0. The lowest BCUT2D eigenvalue weighted by Crippen LogP contribution is -2.10. The minimum Gasteiger partial charge on any atom is -0.381 e. The third-order valence-electron chi connectivity index (χ3n) is 2.74. The molecule has 0 amide bonds. The zero-order chi connectivity index (χ0) is 12.4. The summed E-state index contributed by atoms with van der Waals surface area (Å²) in [5.41, 5.74) is 8.98. The topological polar surface area (TPSA) is 55.3 Å². The Labute approximate surface area is 101 Å². The zero-order valence-corrected chi connectivity index (χ0v) is 10.4. The van der Waals surface area contributed by atoms with Crippen molar-refractivity contribution in [2.45, 2.75) is 13.3 Å². The number of rotatable bonds is 3. The lowest BCUT2D eigenvalue weighted by atomic mass is 10.0. The molecule has 0 atom stereocenters. The van der Waals surface area contributed by atoms with Gasteiger partial charge in [0.15, 0.2) is 11.6 Å². The normalized spacial score (nSPS) is 10.5. The summed E-state index contributed by atoms with van der Waals surface area (Å²) in [4.78, 5) is 2.05. The summed E-state index contributed by atoms with van der Waals surface area (Å²) in [5.74, 6) is 1.12. The van der Waals surface area contributed by atoms with E-state index in [0.717, 1.165) is 17.7 Å². The minimum atomic E-state index is 0.409. The highest BCUT2D eigenvalue weighted by molar-refractivity contribution is 5.76. The van der Waals surface area contributed by atoms with Crippen molar-refractivity contribution in [1.29, 1.82) is 0 Å². The van der Waals surface area contributed by atoms with Gasteiger partial charge in [0.05, 0.1) is 0 Å². The van der Waals surface area contributed by atoms with Crippen molar-refractivity contribution in [3.8, 4) is 11.3 Å². The molecule has 90 valence electrons. The van der Waals surface area contributed by atoms with E-state index >= 15 is 0 Å². The van der Waals surface area contributed by atoms with Crippen molar-refractivity contribution in [3.05, 3.63) is 29.8 Å². The van der Waals surface area contributed by atoms with Crippen molar-refractivity contribution >= 4 is 11.5 Å². The van der Waals surface area contributed by atoms with Gasteiger partial charge in [0.25, 0.3) is 0 Å². The Morgan fingerprint density at radius 3 is 2.59 bits per heavy atom. The van der Waals surface area contributed by atoms with Gasteiger partial charge in [-0.1, -0.05) is 18.1 Å². The van der Waals surface area contributed by atoms with E-state index in [9.17, 15) is 0 Å². The van der Waals surface area contributed by atoms with Gasteiger partial charge in [0, 0.05) is 31.4 Å². The van der Waals surface area contributed by atoms with Crippen LogP contribution in [0.2, 0.25) is 0 Å². The molecule has 0 saturated heterocycles. The standard InChI is InChI=1S/C13H17N3O/c1-4-9-5-6-11(16(2)3)10(7-9)12-8-13(14)15-17-12/h5-8H,4H2,1-3H3,(H2,14,15). The molecule has 4 nitrogen and oxygen atoms in total. The maximum Gasteiger partial charge on any atom is 0.171 e. The second-order valence-corrected chi connectivity index (χ2v) is 4.22. The molecule has 0 saturated carbocycles. The molecule has 0 aliphatic heterocycles. The Hall–Kier alpha value is -1.97. The molecule has 4 heteroatoms. The van der Waals surface area contributed by atoms with E-state index in [0.29, 0.717) is 11.6 Å². The lowest BCUT2D eigenvalue weighted by molar-refractivity contribution is 0.436. The maximum atomic E-state index is 5.59. The minimum absolute atomic E-state index is 0.409. The van der Waals surface area contributed by atoms with Gasteiger partial charge >= 0.3 is 0 Å². The molecule has 2 N–H and O–H groups in total. The van der Waals surface area contributed by atoms with Crippen LogP contribution in [-0.4, -0.2) is 19.3 Å². The number of benzene rings is 1. The summed E-state index contributed by atoms with van der Waals surface area (Å²) in [6, 6.07) is 8.09. The van der Waals surface area contributed by atoms with Crippen LogP contribution >= 0.6 is 0 Å². The molecule has 0 aliphatic carbocycles. The smallest absolute Gasteiger partial charge is 0.171 e. The first-order valence-corrected chi connectivity index (χ1v) is 5.64. The van der Waals surface area contributed by atoms with Crippen molar-refractivity contribution in [2.75, 3.05) is 24.7 Å². The van der Waals surface area contributed by atoms with Gasteiger partial charge in [-0.25, -0.2) is 0 Å². The summed E-state index contributed by atoms with van der Waals surface area (Å²) in [6.07, 6.45) is 0.990. The molecule has 1 aromatic carbocycles. The molecule has 0 radical (unpaired) electrons. The summed E-state index contributed by atoms with van der Waals surface area (Å²) in [6.45, 7) is 2.13. The Balaban J connectivity index is 2.56. The number of hydrogen-bond donors (Lipinski definition) is 1.